The van der Waals surface area contributed by atoms with Crippen LogP contribution in [0.4, 0.5) is 0 Å². The van der Waals surface area contributed by atoms with Gasteiger partial charge in [0.05, 0.1) is 52.9 Å². The molecule has 362 valence electrons. The topological polar surface area (TPSA) is 119 Å². The summed E-state index contributed by atoms with van der Waals surface area (Å²) in [7, 11) is 1.58. The number of benzene rings is 6. The SMILES string of the molecule is CO[C@H]1OC(COCc2ccccc2)[C@H](O[C@@H]2OC(COCc3ccccc3)[C@@H](OCc3ccccc3)C(OCc3ccccc3)[C@@H]2OC(C)=O)C(OCc2ccccc2)C1OCc1ccccc1. The number of rotatable bonds is 24. The maximum atomic E-state index is 13.3. The van der Waals surface area contributed by atoms with E-state index in [4.69, 9.17) is 52.1 Å². The molecule has 2 fully saturated rings. The minimum atomic E-state index is -1.27. The van der Waals surface area contributed by atoms with Gasteiger partial charge in [-0.1, -0.05) is 182 Å². The molecule has 6 aromatic carbocycles. The molecule has 5 unspecified atom stereocenters. The second-order valence-corrected chi connectivity index (χ2v) is 17.0. The minimum absolute atomic E-state index is 0.0708. The van der Waals surface area contributed by atoms with Crippen molar-refractivity contribution in [3.63, 3.8) is 0 Å². The standard InChI is InChI=1S/C57H62O12/c1-41(58)66-55-52(63-36-45-27-15-6-16-28-45)50(62-35-44-25-13-5-14-26-44)48(39-60-33-42-21-9-3-10-22-42)68-57(55)69-51-49(40-61-34-43-23-11-4-12-24-43)67-56(59-2)54(65-38-47-31-19-8-20-32-47)53(51)64-37-46-29-17-7-18-30-46/h3-32,48-57H,33-40H2,1-2H3/t48?,49?,50-,51+,52?,53?,54?,55+,56+,57+/m1/s1. The quantitative estimate of drug-likeness (QED) is 0.0539. The highest BCUT2D eigenvalue weighted by molar-refractivity contribution is 5.66. The van der Waals surface area contributed by atoms with E-state index in [0.29, 0.717) is 13.2 Å². The van der Waals surface area contributed by atoms with Gasteiger partial charge in [-0.15, -0.1) is 0 Å². The molecule has 2 heterocycles. The lowest BCUT2D eigenvalue weighted by Crippen LogP contribution is -2.66. The number of carbonyl (C=O) groups is 1. The molecule has 0 N–H and O–H groups in total. The molecule has 6 aromatic rings. The summed E-state index contributed by atoms with van der Waals surface area (Å²) in [4.78, 5) is 13.3. The van der Waals surface area contributed by atoms with Crippen LogP contribution in [0.15, 0.2) is 182 Å². The predicted octanol–water partition coefficient (Wildman–Crippen LogP) is 9.17. The van der Waals surface area contributed by atoms with E-state index in [1.165, 1.54) is 6.92 Å². The van der Waals surface area contributed by atoms with Gasteiger partial charge in [-0.3, -0.25) is 4.79 Å². The van der Waals surface area contributed by atoms with Crippen LogP contribution in [0.5, 0.6) is 0 Å². The molecule has 0 saturated carbocycles. The van der Waals surface area contributed by atoms with Crippen LogP contribution in [0.3, 0.4) is 0 Å². The number of ether oxygens (including phenoxy) is 11. The van der Waals surface area contributed by atoms with Gasteiger partial charge >= 0.3 is 5.97 Å². The van der Waals surface area contributed by atoms with Gasteiger partial charge in [-0.05, 0) is 33.4 Å². The second kappa shape index (κ2) is 26.4. The van der Waals surface area contributed by atoms with E-state index in [0.717, 1.165) is 33.4 Å². The first-order valence-corrected chi connectivity index (χ1v) is 23.5. The number of carbonyl (C=O) groups excluding carboxylic acids is 1. The first kappa shape index (κ1) is 49.8. The monoisotopic (exact) mass is 938 g/mol. The number of esters is 1. The Bertz CT molecular complexity index is 2350. The van der Waals surface area contributed by atoms with Crippen LogP contribution in [0, 0.1) is 0 Å². The zero-order chi connectivity index (χ0) is 47.5. The fourth-order valence-corrected chi connectivity index (χ4v) is 8.52. The fraction of sp³-hybridized carbons (Fsp3) is 0.351. The maximum Gasteiger partial charge on any atom is 0.303 e. The first-order chi connectivity index (χ1) is 34.0. The Kier molecular flexibility index (Phi) is 19.0. The van der Waals surface area contributed by atoms with E-state index in [1.54, 1.807) is 7.11 Å². The van der Waals surface area contributed by atoms with Crippen LogP contribution < -0.4 is 0 Å². The van der Waals surface area contributed by atoms with Gasteiger partial charge in [0.25, 0.3) is 0 Å². The molecule has 69 heavy (non-hydrogen) atoms. The molecule has 8 rings (SSSR count). The molecule has 0 amide bonds. The zero-order valence-electron chi connectivity index (χ0n) is 39.1. The molecule has 2 aliphatic heterocycles. The Labute approximate surface area is 405 Å². The van der Waals surface area contributed by atoms with E-state index in [9.17, 15) is 4.79 Å². The van der Waals surface area contributed by atoms with E-state index in [-0.39, 0.29) is 39.6 Å². The highest BCUT2D eigenvalue weighted by Gasteiger charge is 2.55. The van der Waals surface area contributed by atoms with Crippen LogP contribution in [-0.2, 0) is 96.5 Å². The fourth-order valence-electron chi connectivity index (χ4n) is 8.52. The van der Waals surface area contributed by atoms with Crippen LogP contribution >= 0.6 is 0 Å². The van der Waals surface area contributed by atoms with Crippen molar-refractivity contribution >= 4 is 5.97 Å². The summed E-state index contributed by atoms with van der Waals surface area (Å²) >= 11 is 0. The van der Waals surface area contributed by atoms with Crippen molar-refractivity contribution < 1.29 is 56.9 Å². The third-order valence-corrected chi connectivity index (χ3v) is 11.9. The summed E-state index contributed by atoms with van der Waals surface area (Å²) < 4.78 is 73.6. The first-order valence-electron chi connectivity index (χ1n) is 23.5. The van der Waals surface area contributed by atoms with Gasteiger partial charge in [0.1, 0.15) is 42.7 Å². The van der Waals surface area contributed by atoms with Crippen molar-refractivity contribution in [2.75, 3.05) is 20.3 Å². The summed E-state index contributed by atoms with van der Waals surface area (Å²) in [6.45, 7) is 2.96. The van der Waals surface area contributed by atoms with Crippen LogP contribution in [0.25, 0.3) is 0 Å². The molecule has 2 aliphatic rings. The molecule has 10 atom stereocenters. The molecular formula is C57H62O12. The molecule has 0 aromatic heterocycles. The van der Waals surface area contributed by atoms with E-state index >= 15 is 0 Å². The van der Waals surface area contributed by atoms with Crippen molar-refractivity contribution in [1.29, 1.82) is 0 Å². The molecule has 12 heteroatoms. The Hall–Kier alpha value is -5.61. The van der Waals surface area contributed by atoms with Crippen molar-refractivity contribution in [2.45, 2.75) is 108 Å². The Morgan fingerprint density at radius 2 is 0.710 bits per heavy atom. The third kappa shape index (κ3) is 14.7. The van der Waals surface area contributed by atoms with Crippen molar-refractivity contribution in [3.8, 4) is 0 Å². The van der Waals surface area contributed by atoms with E-state index < -0.39 is 67.4 Å². The summed E-state index contributed by atoms with van der Waals surface area (Å²) in [5.74, 6) is -0.561. The second-order valence-electron chi connectivity index (χ2n) is 17.0. The molecule has 12 nitrogen and oxygen atoms in total. The normalized spacial score (nSPS) is 24.7. The number of methoxy groups -OCH3 is 1. The van der Waals surface area contributed by atoms with Gasteiger partial charge in [-0.2, -0.15) is 0 Å². The smallest absolute Gasteiger partial charge is 0.303 e. The highest BCUT2D eigenvalue weighted by atomic mass is 16.8. The largest absolute Gasteiger partial charge is 0.454 e. The highest BCUT2D eigenvalue weighted by Crippen LogP contribution is 2.36. The van der Waals surface area contributed by atoms with Crippen molar-refractivity contribution in [1.82, 2.24) is 0 Å². The lowest BCUT2D eigenvalue weighted by Gasteiger charge is -2.49. The van der Waals surface area contributed by atoms with Gasteiger partial charge in [0, 0.05) is 14.0 Å². The molecule has 0 radical (unpaired) electrons. The lowest BCUT2D eigenvalue weighted by atomic mass is 9.95. The molecule has 2 saturated heterocycles. The molecule has 0 bridgehead atoms. The third-order valence-electron chi connectivity index (χ3n) is 11.9. The average molecular weight is 939 g/mol. The van der Waals surface area contributed by atoms with Crippen LogP contribution in [0.1, 0.15) is 40.3 Å². The average Bonchev–Trinajstić information content (AvgIpc) is 3.39. The Morgan fingerprint density at radius 1 is 0.391 bits per heavy atom. The Balaban J connectivity index is 1.17. The van der Waals surface area contributed by atoms with E-state index in [2.05, 4.69) is 0 Å². The Morgan fingerprint density at radius 3 is 1.09 bits per heavy atom. The van der Waals surface area contributed by atoms with Crippen molar-refractivity contribution in [2.24, 2.45) is 0 Å². The van der Waals surface area contributed by atoms with Gasteiger partial charge in [0.2, 0.25) is 0 Å². The molecular weight excluding hydrogens is 877 g/mol. The van der Waals surface area contributed by atoms with Gasteiger partial charge in [0.15, 0.2) is 18.7 Å². The van der Waals surface area contributed by atoms with E-state index in [1.807, 2.05) is 182 Å². The maximum absolute atomic E-state index is 13.3. The molecule has 0 aliphatic carbocycles. The predicted molar refractivity (Wildman–Crippen MR) is 257 cm³/mol. The van der Waals surface area contributed by atoms with Crippen LogP contribution in [-0.4, -0.2) is 87.7 Å². The lowest BCUT2D eigenvalue weighted by molar-refractivity contribution is -0.372. The molecule has 0 spiro atoms. The van der Waals surface area contributed by atoms with Gasteiger partial charge < -0.3 is 52.1 Å². The van der Waals surface area contributed by atoms with Crippen LogP contribution in [0.2, 0.25) is 0 Å². The van der Waals surface area contributed by atoms with Crippen molar-refractivity contribution in [3.05, 3.63) is 215 Å². The summed E-state index contributed by atoms with van der Waals surface area (Å²) in [6.07, 6.45) is -9.24. The summed E-state index contributed by atoms with van der Waals surface area (Å²) in [5, 5.41) is 0. The summed E-state index contributed by atoms with van der Waals surface area (Å²) in [6, 6.07) is 59.2. The minimum Gasteiger partial charge on any atom is -0.454 e. The number of hydrogen-bond acceptors (Lipinski definition) is 12. The summed E-state index contributed by atoms with van der Waals surface area (Å²) in [5.41, 5.74) is 5.71. The number of hydrogen-bond donors (Lipinski definition) is 0. The van der Waals surface area contributed by atoms with Gasteiger partial charge in [-0.25, -0.2) is 0 Å². The zero-order valence-corrected chi connectivity index (χ0v) is 39.1.